The fourth-order valence-electron chi connectivity index (χ4n) is 4.43. The van der Waals surface area contributed by atoms with E-state index in [4.69, 9.17) is 21.3 Å². The summed E-state index contributed by atoms with van der Waals surface area (Å²) in [6.07, 6.45) is 4.75. The zero-order chi connectivity index (χ0) is 24.5. The van der Waals surface area contributed by atoms with E-state index in [1.807, 2.05) is 50.2 Å². The molecule has 0 spiro atoms. The molecule has 5 rings (SSSR count). The third kappa shape index (κ3) is 4.99. The Morgan fingerprint density at radius 1 is 1.06 bits per heavy atom. The first-order valence-corrected chi connectivity index (χ1v) is 13.7. The van der Waals surface area contributed by atoms with Gasteiger partial charge in [0.05, 0.1) is 37.7 Å². The molecule has 8 heteroatoms. The fourth-order valence-corrected chi connectivity index (χ4v) is 6.71. The predicted molar refractivity (Wildman–Crippen MR) is 144 cm³/mol. The average Bonchev–Trinajstić information content (AvgIpc) is 3.33. The fraction of sp³-hybridized carbons (Fsp3) is 0.296. The SMILES string of the molecule is CC(C)OC(=O)c1c(NC(=O)c2cc(-c3ccc(Cl)s3)nc3ccccc23)sc2c1CCCCC2. The number of carbonyl (C=O) groups excluding carboxylic acids is 2. The summed E-state index contributed by atoms with van der Waals surface area (Å²) in [7, 11) is 0. The molecule has 0 bridgehead atoms. The molecule has 4 aromatic rings. The second-order valence-electron chi connectivity index (χ2n) is 8.85. The number of amides is 1. The maximum absolute atomic E-state index is 13.7. The van der Waals surface area contributed by atoms with Crippen molar-refractivity contribution < 1.29 is 14.3 Å². The Labute approximate surface area is 217 Å². The topological polar surface area (TPSA) is 68.3 Å². The summed E-state index contributed by atoms with van der Waals surface area (Å²) in [6.45, 7) is 3.67. The molecule has 3 heterocycles. The predicted octanol–water partition coefficient (Wildman–Crippen LogP) is 7.76. The van der Waals surface area contributed by atoms with Crippen LogP contribution in [-0.2, 0) is 17.6 Å². The van der Waals surface area contributed by atoms with Gasteiger partial charge in [-0.05, 0) is 69.4 Å². The molecular formula is C27H25ClN2O3S2. The number of anilines is 1. The van der Waals surface area contributed by atoms with Crippen molar-refractivity contribution in [1.29, 1.82) is 0 Å². The maximum atomic E-state index is 13.7. The van der Waals surface area contributed by atoms with Gasteiger partial charge in [0.1, 0.15) is 5.00 Å². The van der Waals surface area contributed by atoms with Gasteiger partial charge in [-0.2, -0.15) is 0 Å². The molecule has 5 nitrogen and oxygen atoms in total. The summed E-state index contributed by atoms with van der Waals surface area (Å²) in [6, 6.07) is 13.1. The minimum absolute atomic E-state index is 0.239. The molecule has 0 saturated carbocycles. The number of aryl methyl sites for hydroxylation is 1. The van der Waals surface area contributed by atoms with Crippen molar-refractivity contribution in [2.75, 3.05) is 5.32 Å². The molecule has 0 fully saturated rings. The first-order chi connectivity index (χ1) is 16.9. The lowest BCUT2D eigenvalue weighted by molar-refractivity contribution is 0.0378. The second kappa shape index (κ2) is 10.1. The van der Waals surface area contributed by atoms with E-state index in [9.17, 15) is 9.59 Å². The molecule has 0 aliphatic heterocycles. The normalized spacial score (nSPS) is 13.5. The zero-order valence-electron chi connectivity index (χ0n) is 19.5. The van der Waals surface area contributed by atoms with E-state index < -0.39 is 0 Å². The Bertz CT molecular complexity index is 1420. The van der Waals surface area contributed by atoms with E-state index in [2.05, 4.69) is 5.32 Å². The number of fused-ring (bicyclic) bond motifs is 2. The number of esters is 1. The number of hydrogen-bond acceptors (Lipinski definition) is 6. The number of pyridine rings is 1. The third-order valence-corrected chi connectivity index (χ3v) is 8.44. The van der Waals surface area contributed by atoms with Crippen molar-refractivity contribution in [2.45, 2.75) is 52.1 Å². The molecule has 1 N–H and O–H groups in total. The first-order valence-electron chi connectivity index (χ1n) is 11.7. The highest BCUT2D eigenvalue weighted by Crippen LogP contribution is 2.39. The number of halogens is 1. The monoisotopic (exact) mass is 524 g/mol. The molecule has 0 atom stereocenters. The number of ether oxygens (including phenoxy) is 1. The van der Waals surface area contributed by atoms with E-state index >= 15 is 0 Å². The quantitative estimate of drug-likeness (QED) is 0.214. The first kappa shape index (κ1) is 24.0. The molecule has 1 aromatic carbocycles. The van der Waals surface area contributed by atoms with Gasteiger partial charge in [0.25, 0.3) is 5.91 Å². The minimum atomic E-state index is -0.372. The zero-order valence-corrected chi connectivity index (χ0v) is 21.9. The molecule has 1 aliphatic rings. The van der Waals surface area contributed by atoms with Crippen LogP contribution in [0.1, 0.15) is 64.3 Å². The van der Waals surface area contributed by atoms with Crippen molar-refractivity contribution in [3.8, 4) is 10.6 Å². The Morgan fingerprint density at radius 3 is 2.63 bits per heavy atom. The van der Waals surface area contributed by atoms with Crippen molar-refractivity contribution in [2.24, 2.45) is 0 Å². The van der Waals surface area contributed by atoms with Crippen LogP contribution in [0, 0.1) is 0 Å². The van der Waals surface area contributed by atoms with E-state index in [1.165, 1.54) is 27.6 Å². The van der Waals surface area contributed by atoms with Crippen LogP contribution in [0.5, 0.6) is 0 Å². The van der Waals surface area contributed by atoms with Crippen molar-refractivity contribution in [3.63, 3.8) is 0 Å². The number of aromatic nitrogens is 1. The van der Waals surface area contributed by atoms with Crippen LogP contribution >= 0.6 is 34.3 Å². The largest absolute Gasteiger partial charge is 0.459 e. The van der Waals surface area contributed by atoms with Gasteiger partial charge in [-0.15, -0.1) is 22.7 Å². The van der Waals surface area contributed by atoms with Gasteiger partial charge in [0.2, 0.25) is 0 Å². The summed E-state index contributed by atoms with van der Waals surface area (Å²) < 4.78 is 6.24. The van der Waals surface area contributed by atoms with Crippen LogP contribution in [-0.4, -0.2) is 23.0 Å². The smallest absolute Gasteiger partial charge is 0.341 e. The number of para-hydroxylation sites is 1. The highest BCUT2D eigenvalue weighted by Gasteiger charge is 2.28. The van der Waals surface area contributed by atoms with E-state index in [0.717, 1.165) is 53.4 Å². The minimum Gasteiger partial charge on any atom is -0.459 e. The highest BCUT2D eigenvalue weighted by atomic mass is 35.5. The summed E-state index contributed by atoms with van der Waals surface area (Å²) in [5.41, 5.74) is 3.45. The third-order valence-electron chi connectivity index (χ3n) is 5.98. The molecule has 3 aromatic heterocycles. The summed E-state index contributed by atoms with van der Waals surface area (Å²) >= 11 is 9.07. The van der Waals surface area contributed by atoms with Crippen molar-refractivity contribution >= 4 is 62.1 Å². The number of rotatable bonds is 5. The number of benzene rings is 1. The number of carbonyl (C=O) groups is 2. The summed E-state index contributed by atoms with van der Waals surface area (Å²) in [4.78, 5) is 33.6. The van der Waals surface area contributed by atoms with Gasteiger partial charge in [-0.25, -0.2) is 9.78 Å². The number of nitrogens with one attached hydrogen (secondary N) is 1. The van der Waals surface area contributed by atoms with Crippen LogP contribution in [0.25, 0.3) is 21.5 Å². The molecule has 35 heavy (non-hydrogen) atoms. The molecule has 1 amide bonds. The second-order valence-corrected chi connectivity index (χ2v) is 11.7. The van der Waals surface area contributed by atoms with Crippen LogP contribution in [0.2, 0.25) is 4.34 Å². The Morgan fingerprint density at radius 2 is 1.86 bits per heavy atom. The van der Waals surface area contributed by atoms with Gasteiger partial charge in [0, 0.05) is 10.3 Å². The van der Waals surface area contributed by atoms with Gasteiger partial charge in [0.15, 0.2) is 0 Å². The lowest BCUT2D eigenvalue weighted by Crippen LogP contribution is -2.18. The number of hydrogen-bond donors (Lipinski definition) is 1. The van der Waals surface area contributed by atoms with Gasteiger partial charge >= 0.3 is 5.97 Å². The van der Waals surface area contributed by atoms with Crippen LogP contribution < -0.4 is 5.32 Å². The highest BCUT2D eigenvalue weighted by molar-refractivity contribution is 7.19. The van der Waals surface area contributed by atoms with E-state index in [1.54, 1.807) is 6.07 Å². The summed E-state index contributed by atoms with van der Waals surface area (Å²) in [5.74, 6) is -0.647. The molecule has 180 valence electrons. The van der Waals surface area contributed by atoms with E-state index in [0.29, 0.717) is 26.2 Å². The van der Waals surface area contributed by atoms with Gasteiger partial charge in [-0.1, -0.05) is 36.2 Å². The lowest BCUT2D eigenvalue weighted by atomic mass is 10.0. The Kier molecular flexibility index (Phi) is 6.91. The molecule has 1 aliphatic carbocycles. The van der Waals surface area contributed by atoms with Crippen molar-refractivity contribution in [3.05, 3.63) is 68.4 Å². The number of thiophene rings is 2. The standard InChI is InChI=1S/C27H25ClN2O3S2/c1-15(2)33-27(32)24-17-9-4-3-5-11-21(17)35-26(24)30-25(31)18-14-20(22-12-13-23(28)34-22)29-19-10-7-6-8-16(18)19/h6-8,10,12-15H,3-5,9,11H2,1-2H3,(H,30,31). The Balaban J connectivity index is 1.57. The Hall–Kier alpha value is -2.74. The number of nitrogens with zero attached hydrogens (tertiary/aromatic N) is 1. The maximum Gasteiger partial charge on any atom is 0.341 e. The van der Waals surface area contributed by atoms with Crippen LogP contribution in [0.4, 0.5) is 5.00 Å². The molecule has 0 saturated heterocycles. The van der Waals surface area contributed by atoms with Gasteiger partial charge < -0.3 is 10.1 Å². The summed E-state index contributed by atoms with van der Waals surface area (Å²) in [5, 5.41) is 4.38. The molecular weight excluding hydrogens is 500 g/mol. The lowest BCUT2D eigenvalue weighted by Gasteiger charge is -2.13. The van der Waals surface area contributed by atoms with Crippen LogP contribution in [0.3, 0.4) is 0 Å². The van der Waals surface area contributed by atoms with Gasteiger partial charge in [-0.3, -0.25) is 4.79 Å². The van der Waals surface area contributed by atoms with Crippen molar-refractivity contribution in [1.82, 2.24) is 4.98 Å². The molecule has 0 radical (unpaired) electrons. The van der Waals surface area contributed by atoms with Crippen LogP contribution in [0.15, 0.2) is 42.5 Å². The average molecular weight is 525 g/mol. The molecule has 0 unspecified atom stereocenters. The van der Waals surface area contributed by atoms with E-state index in [-0.39, 0.29) is 18.0 Å².